The highest BCUT2D eigenvalue weighted by Gasteiger charge is 2.65. The normalized spacial score (nSPS) is 42.9. The van der Waals surface area contributed by atoms with Crippen LogP contribution in [0.4, 0.5) is 0 Å². The molecule has 0 aromatic heterocycles. The third-order valence-electron chi connectivity index (χ3n) is 9.70. The topological polar surface area (TPSA) is 62.3 Å². The summed E-state index contributed by atoms with van der Waals surface area (Å²) < 4.78 is 12.0. The van der Waals surface area contributed by atoms with E-state index in [0.717, 1.165) is 51.9 Å². The Morgan fingerprint density at radius 3 is 2.59 bits per heavy atom. The lowest BCUT2D eigenvalue weighted by molar-refractivity contribution is -0.147. The molecule has 5 nitrogen and oxygen atoms in total. The first-order valence-corrected chi connectivity index (χ1v) is 12.7. The van der Waals surface area contributed by atoms with Gasteiger partial charge in [0.05, 0.1) is 23.7 Å². The van der Waals surface area contributed by atoms with Crippen molar-refractivity contribution in [1.82, 2.24) is 4.90 Å². The lowest BCUT2D eigenvalue weighted by Crippen LogP contribution is -2.52. The van der Waals surface area contributed by atoms with Crippen LogP contribution in [0.5, 0.6) is 0 Å². The van der Waals surface area contributed by atoms with Crippen LogP contribution in [0.25, 0.3) is 0 Å². The van der Waals surface area contributed by atoms with Crippen molar-refractivity contribution in [2.45, 2.75) is 75.6 Å². The fourth-order valence-corrected chi connectivity index (χ4v) is 7.75. The molecule has 0 radical (unpaired) electrons. The molecule has 5 heteroatoms. The molecule has 5 fully saturated rings. The Labute approximate surface area is 191 Å². The van der Waals surface area contributed by atoms with E-state index in [1.54, 1.807) is 0 Å². The van der Waals surface area contributed by atoms with Crippen molar-refractivity contribution >= 4 is 5.97 Å². The molecule has 3 aliphatic heterocycles. The largest absolute Gasteiger partial charge is 0.462 e. The third-order valence-corrected chi connectivity index (χ3v) is 9.70. The zero-order valence-corrected chi connectivity index (χ0v) is 19.3. The summed E-state index contributed by atoms with van der Waals surface area (Å²) in [7, 11) is 0. The molecule has 6 rings (SSSR count). The molecule has 1 aromatic carbocycles. The Morgan fingerprint density at radius 2 is 1.88 bits per heavy atom. The zero-order valence-electron chi connectivity index (χ0n) is 19.3. The summed E-state index contributed by atoms with van der Waals surface area (Å²) in [6, 6.07) is 10.3. The van der Waals surface area contributed by atoms with Crippen LogP contribution in [0.3, 0.4) is 0 Å². The highest BCUT2D eigenvalue weighted by atomic mass is 16.6. The number of carbonyl (C=O) groups is 1. The first-order valence-electron chi connectivity index (χ1n) is 12.7. The number of epoxide rings is 1. The highest BCUT2D eigenvalue weighted by Crippen LogP contribution is 2.62. The van der Waals surface area contributed by atoms with Gasteiger partial charge in [-0.25, -0.2) is 0 Å². The zero-order chi connectivity index (χ0) is 22.0. The van der Waals surface area contributed by atoms with E-state index < -0.39 is 5.60 Å². The average Bonchev–Trinajstić information content (AvgIpc) is 3.47. The van der Waals surface area contributed by atoms with Crippen molar-refractivity contribution in [2.75, 3.05) is 26.2 Å². The van der Waals surface area contributed by atoms with Crippen LogP contribution in [-0.2, 0) is 20.7 Å². The first-order chi connectivity index (χ1) is 15.4. The fraction of sp³-hybridized carbons (Fsp3) is 0.741. The predicted molar refractivity (Wildman–Crippen MR) is 121 cm³/mol. The van der Waals surface area contributed by atoms with Gasteiger partial charge in [-0.1, -0.05) is 37.3 Å². The van der Waals surface area contributed by atoms with Crippen molar-refractivity contribution in [2.24, 2.45) is 23.2 Å². The molecule has 2 saturated carbocycles. The number of esters is 1. The number of likely N-dealkylation sites (tertiary alicyclic amines) is 1. The molecular formula is C27H37NO4. The summed E-state index contributed by atoms with van der Waals surface area (Å²) in [5.74, 6) is 0.880. The first kappa shape index (κ1) is 21.1. The molecule has 5 aliphatic rings. The quantitative estimate of drug-likeness (QED) is 0.574. The molecule has 0 amide bonds. The van der Waals surface area contributed by atoms with Gasteiger partial charge >= 0.3 is 5.97 Å². The summed E-state index contributed by atoms with van der Waals surface area (Å²) in [5, 5.41) is 11.1. The van der Waals surface area contributed by atoms with Crippen molar-refractivity contribution in [3.8, 4) is 0 Å². The van der Waals surface area contributed by atoms with E-state index in [0.29, 0.717) is 18.3 Å². The number of hydrogen-bond acceptors (Lipinski definition) is 5. The number of fused-ring (bicyclic) bond motifs is 3. The average molecular weight is 440 g/mol. The molecule has 174 valence electrons. The summed E-state index contributed by atoms with van der Waals surface area (Å²) in [4.78, 5) is 15.3. The Hall–Kier alpha value is -1.43. The van der Waals surface area contributed by atoms with E-state index in [9.17, 15) is 9.90 Å². The van der Waals surface area contributed by atoms with Crippen LogP contribution in [0.15, 0.2) is 30.3 Å². The smallest absolute Gasteiger partial charge is 0.310 e. The predicted octanol–water partition coefficient (Wildman–Crippen LogP) is 3.58. The maximum atomic E-state index is 12.9. The number of rotatable bonds is 4. The second-order valence-corrected chi connectivity index (χ2v) is 11.8. The number of hydrogen-bond donors (Lipinski definition) is 1. The number of benzene rings is 1. The van der Waals surface area contributed by atoms with Crippen LogP contribution < -0.4 is 0 Å². The maximum Gasteiger partial charge on any atom is 0.310 e. The Bertz CT molecular complexity index is 860. The molecule has 32 heavy (non-hydrogen) atoms. The number of piperidine rings is 1. The Balaban J connectivity index is 1.10. The summed E-state index contributed by atoms with van der Waals surface area (Å²) >= 11 is 0. The van der Waals surface area contributed by atoms with Gasteiger partial charge in [0, 0.05) is 32.0 Å². The summed E-state index contributed by atoms with van der Waals surface area (Å²) in [6.07, 6.45) is 8.06. The standard InChI is InChI=1S/C27H37NO4/c1-25-8-5-9-27(18-31-27)23(25)14-20-21(24(29)32-22(20)16-25)17-28-12-10-26(30,11-13-28)15-19-6-3-2-4-7-19/h2-4,6-7,20-23,30H,5,8-18H2,1H3/t20-,21-,22-,23+,25-,27+/m1/s1. The van der Waals surface area contributed by atoms with Gasteiger partial charge in [-0.3, -0.25) is 4.79 Å². The van der Waals surface area contributed by atoms with E-state index in [1.807, 2.05) is 18.2 Å². The van der Waals surface area contributed by atoms with E-state index in [1.165, 1.54) is 24.8 Å². The van der Waals surface area contributed by atoms with E-state index in [2.05, 4.69) is 24.0 Å². The molecule has 2 aliphatic carbocycles. The monoisotopic (exact) mass is 439 g/mol. The molecule has 6 atom stereocenters. The van der Waals surface area contributed by atoms with Gasteiger partial charge in [0.25, 0.3) is 0 Å². The molecule has 0 unspecified atom stereocenters. The Kier molecular flexibility index (Phi) is 4.98. The SMILES string of the molecule is C[C@]12CCC[C@]3(CO3)[C@H]1C[C@H]1[C@@H](C2)OC(=O)[C@@H]1CN1CCC(O)(Cc2ccccc2)CC1. The van der Waals surface area contributed by atoms with E-state index in [-0.39, 0.29) is 29.0 Å². The molecule has 1 spiro atoms. The van der Waals surface area contributed by atoms with Gasteiger partial charge < -0.3 is 19.5 Å². The van der Waals surface area contributed by atoms with Gasteiger partial charge in [0.15, 0.2) is 0 Å². The highest BCUT2D eigenvalue weighted by molar-refractivity contribution is 5.75. The number of carbonyl (C=O) groups excluding carboxylic acids is 1. The van der Waals surface area contributed by atoms with Gasteiger partial charge in [-0.15, -0.1) is 0 Å². The second kappa shape index (κ2) is 7.54. The van der Waals surface area contributed by atoms with Gasteiger partial charge in [-0.2, -0.15) is 0 Å². The summed E-state index contributed by atoms with van der Waals surface area (Å²) in [5.41, 5.74) is 0.915. The molecule has 1 N–H and O–H groups in total. The minimum atomic E-state index is -0.638. The van der Waals surface area contributed by atoms with Gasteiger partial charge in [0.2, 0.25) is 0 Å². The minimum absolute atomic E-state index is 0.0122. The van der Waals surface area contributed by atoms with Crippen molar-refractivity contribution in [3.63, 3.8) is 0 Å². The number of aliphatic hydroxyl groups is 1. The van der Waals surface area contributed by atoms with Crippen LogP contribution in [0.1, 0.15) is 57.4 Å². The fourth-order valence-electron chi connectivity index (χ4n) is 7.75. The van der Waals surface area contributed by atoms with Gasteiger partial charge in [-0.05, 0) is 61.8 Å². The van der Waals surface area contributed by atoms with Crippen LogP contribution in [-0.4, -0.2) is 59.5 Å². The van der Waals surface area contributed by atoms with Gasteiger partial charge in [0.1, 0.15) is 6.10 Å². The molecule has 3 saturated heterocycles. The Morgan fingerprint density at radius 1 is 1.12 bits per heavy atom. The lowest BCUT2D eigenvalue weighted by Gasteiger charge is -2.51. The van der Waals surface area contributed by atoms with E-state index in [4.69, 9.17) is 9.47 Å². The van der Waals surface area contributed by atoms with Crippen LogP contribution in [0.2, 0.25) is 0 Å². The van der Waals surface area contributed by atoms with Crippen LogP contribution in [0, 0.1) is 23.2 Å². The van der Waals surface area contributed by atoms with Crippen molar-refractivity contribution in [1.29, 1.82) is 0 Å². The molecule has 1 aromatic rings. The molecule has 3 heterocycles. The third kappa shape index (κ3) is 3.61. The second-order valence-electron chi connectivity index (χ2n) is 11.8. The maximum absolute atomic E-state index is 12.9. The molecular weight excluding hydrogens is 402 g/mol. The minimum Gasteiger partial charge on any atom is -0.462 e. The number of ether oxygens (including phenoxy) is 2. The lowest BCUT2D eigenvalue weighted by atomic mass is 9.53. The van der Waals surface area contributed by atoms with E-state index >= 15 is 0 Å². The van der Waals surface area contributed by atoms with Crippen LogP contribution >= 0.6 is 0 Å². The summed E-state index contributed by atoms with van der Waals surface area (Å²) in [6.45, 7) is 5.79. The number of nitrogens with zero attached hydrogens (tertiary/aromatic N) is 1. The molecule has 0 bridgehead atoms. The van der Waals surface area contributed by atoms with Crippen molar-refractivity contribution in [3.05, 3.63) is 35.9 Å². The van der Waals surface area contributed by atoms with Crippen molar-refractivity contribution < 1.29 is 19.4 Å².